The van der Waals surface area contributed by atoms with Crippen LogP contribution in [-0.2, 0) is 4.79 Å². The van der Waals surface area contributed by atoms with Crippen molar-refractivity contribution in [2.45, 2.75) is 39.2 Å². The predicted octanol–water partition coefficient (Wildman–Crippen LogP) is 3.57. The number of nitrogens with one attached hydrogen (secondary N) is 2. The number of unbranched alkanes of at least 4 members (excludes halogenated alkanes) is 1. The number of ether oxygens (including phenoxy) is 1. The maximum atomic E-state index is 12.3. The lowest BCUT2D eigenvalue weighted by atomic mass is 9.98. The van der Waals surface area contributed by atoms with Gasteiger partial charge in [-0.25, -0.2) is 0 Å². The standard InChI is InChI=1S/C21H29N3O2/c1-4-5-10-22-21(25)15(2)24-11-8-16(9-12-24)19-14-23-20-7-6-17(26-3)13-18(19)20/h6-8,13-15,23H,4-5,9-12H2,1-3H3,(H,22,25). The van der Waals surface area contributed by atoms with Gasteiger partial charge in [-0.3, -0.25) is 9.69 Å². The van der Waals surface area contributed by atoms with Gasteiger partial charge < -0.3 is 15.0 Å². The molecule has 0 saturated heterocycles. The highest BCUT2D eigenvalue weighted by Gasteiger charge is 2.23. The van der Waals surface area contributed by atoms with Crippen LogP contribution in [0.1, 0.15) is 38.7 Å². The average Bonchev–Trinajstić information content (AvgIpc) is 3.10. The maximum Gasteiger partial charge on any atom is 0.237 e. The molecule has 0 aliphatic carbocycles. The van der Waals surface area contributed by atoms with Crippen molar-refractivity contribution in [3.63, 3.8) is 0 Å². The Balaban J connectivity index is 1.69. The van der Waals surface area contributed by atoms with Gasteiger partial charge in [0.25, 0.3) is 0 Å². The van der Waals surface area contributed by atoms with E-state index >= 15 is 0 Å². The molecule has 1 unspecified atom stereocenters. The van der Waals surface area contributed by atoms with Gasteiger partial charge >= 0.3 is 0 Å². The number of hydrogen-bond donors (Lipinski definition) is 2. The first kappa shape index (κ1) is 18.5. The first-order valence-electron chi connectivity index (χ1n) is 9.50. The Morgan fingerprint density at radius 3 is 2.96 bits per heavy atom. The molecule has 1 amide bonds. The van der Waals surface area contributed by atoms with Gasteiger partial charge in [-0.05, 0) is 43.5 Å². The Morgan fingerprint density at radius 1 is 1.42 bits per heavy atom. The highest BCUT2D eigenvalue weighted by Crippen LogP contribution is 2.31. The third-order valence-corrected chi connectivity index (χ3v) is 5.23. The molecule has 1 aliphatic rings. The molecule has 2 heterocycles. The number of methoxy groups -OCH3 is 1. The maximum absolute atomic E-state index is 12.3. The fraction of sp³-hybridized carbons (Fsp3) is 0.476. The van der Waals surface area contributed by atoms with E-state index in [4.69, 9.17) is 4.74 Å². The van der Waals surface area contributed by atoms with E-state index in [9.17, 15) is 4.79 Å². The lowest BCUT2D eigenvalue weighted by Gasteiger charge is -2.31. The van der Waals surface area contributed by atoms with E-state index in [2.05, 4.69) is 46.5 Å². The molecule has 26 heavy (non-hydrogen) atoms. The van der Waals surface area contributed by atoms with Crippen molar-refractivity contribution in [3.8, 4) is 5.75 Å². The third kappa shape index (κ3) is 3.93. The van der Waals surface area contributed by atoms with Crippen molar-refractivity contribution in [2.24, 2.45) is 0 Å². The number of hydrogen-bond acceptors (Lipinski definition) is 3. The molecule has 5 nitrogen and oxygen atoms in total. The average molecular weight is 355 g/mol. The minimum Gasteiger partial charge on any atom is -0.497 e. The number of carbonyl (C=O) groups is 1. The smallest absolute Gasteiger partial charge is 0.237 e. The van der Waals surface area contributed by atoms with Gasteiger partial charge in [0.1, 0.15) is 5.75 Å². The Morgan fingerprint density at radius 2 is 2.27 bits per heavy atom. The number of amides is 1. The van der Waals surface area contributed by atoms with Crippen LogP contribution in [0.3, 0.4) is 0 Å². The zero-order chi connectivity index (χ0) is 18.5. The van der Waals surface area contributed by atoms with Crippen LogP contribution in [0.4, 0.5) is 0 Å². The topological polar surface area (TPSA) is 57.4 Å². The van der Waals surface area contributed by atoms with Gasteiger partial charge in [0, 0.05) is 42.3 Å². The molecule has 1 atom stereocenters. The molecule has 1 aromatic heterocycles. The molecule has 0 bridgehead atoms. The summed E-state index contributed by atoms with van der Waals surface area (Å²) >= 11 is 0. The lowest BCUT2D eigenvalue weighted by Crippen LogP contribution is -2.46. The van der Waals surface area contributed by atoms with Crippen molar-refractivity contribution in [2.75, 3.05) is 26.7 Å². The van der Waals surface area contributed by atoms with Gasteiger partial charge in [-0.2, -0.15) is 0 Å². The van der Waals surface area contributed by atoms with Crippen molar-refractivity contribution < 1.29 is 9.53 Å². The Kier molecular flexibility index (Phi) is 5.99. The van der Waals surface area contributed by atoms with Crippen LogP contribution in [-0.4, -0.2) is 48.6 Å². The van der Waals surface area contributed by atoms with Crippen molar-refractivity contribution in [3.05, 3.63) is 36.0 Å². The second-order valence-electron chi connectivity index (χ2n) is 6.91. The number of aromatic amines is 1. The molecule has 0 saturated carbocycles. The summed E-state index contributed by atoms with van der Waals surface area (Å²) in [6.07, 6.45) is 7.40. The molecule has 3 rings (SSSR count). The Labute approximate surface area is 155 Å². The second-order valence-corrected chi connectivity index (χ2v) is 6.91. The second kappa shape index (κ2) is 8.41. The van der Waals surface area contributed by atoms with E-state index < -0.39 is 0 Å². The summed E-state index contributed by atoms with van der Waals surface area (Å²) < 4.78 is 5.36. The molecular weight excluding hydrogens is 326 g/mol. The molecule has 0 fully saturated rings. The molecular formula is C21H29N3O2. The van der Waals surface area contributed by atoms with E-state index in [0.717, 1.165) is 50.2 Å². The van der Waals surface area contributed by atoms with Crippen LogP contribution in [0.2, 0.25) is 0 Å². The fourth-order valence-corrected chi connectivity index (χ4v) is 3.48. The molecule has 1 aromatic carbocycles. The molecule has 1 aliphatic heterocycles. The highest BCUT2D eigenvalue weighted by atomic mass is 16.5. The van der Waals surface area contributed by atoms with Crippen LogP contribution >= 0.6 is 0 Å². The number of fused-ring (bicyclic) bond motifs is 1. The summed E-state index contributed by atoms with van der Waals surface area (Å²) in [5.41, 5.74) is 3.69. The SMILES string of the molecule is CCCCNC(=O)C(C)N1CC=C(c2c[nH]c3ccc(OC)cc23)CC1. The molecule has 2 aromatic rings. The largest absolute Gasteiger partial charge is 0.497 e. The van der Waals surface area contributed by atoms with Gasteiger partial charge in [0.05, 0.1) is 13.2 Å². The zero-order valence-electron chi connectivity index (χ0n) is 16.0. The summed E-state index contributed by atoms with van der Waals surface area (Å²) in [5, 5.41) is 4.23. The quantitative estimate of drug-likeness (QED) is 0.747. The van der Waals surface area contributed by atoms with Gasteiger partial charge in [0.2, 0.25) is 5.91 Å². The van der Waals surface area contributed by atoms with Gasteiger partial charge in [-0.1, -0.05) is 19.4 Å². The minimum absolute atomic E-state index is 0.0901. The number of rotatable bonds is 7. The van der Waals surface area contributed by atoms with Crippen LogP contribution in [0.15, 0.2) is 30.5 Å². The fourth-order valence-electron chi connectivity index (χ4n) is 3.48. The molecule has 2 N–H and O–H groups in total. The summed E-state index contributed by atoms with van der Waals surface area (Å²) in [7, 11) is 1.69. The molecule has 0 spiro atoms. The van der Waals surface area contributed by atoms with Crippen LogP contribution in [0, 0.1) is 0 Å². The van der Waals surface area contributed by atoms with Gasteiger partial charge in [-0.15, -0.1) is 0 Å². The molecule has 0 radical (unpaired) electrons. The van der Waals surface area contributed by atoms with E-state index in [-0.39, 0.29) is 11.9 Å². The van der Waals surface area contributed by atoms with Gasteiger partial charge in [0.15, 0.2) is 0 Å². The van der Waals surface area contributed by atoms with Crippen molar-refractivity contribution in [1.29, 1.82) is 0 Å². The third-order valence-electron chi connectivity index (χ3n) is 5.23. The Bertz CT molecular complexity index is 794. The number of carbonyl (C=O) groups excluding carboxylic acids is 1. The predicted molar refractivity (Wildman–Crippen MR) is 106 cm³/mol. The normalized spacial score (nSPS) is 16.3. The monoisotopic (exact) mass is 355 g/mol. The summed E-state index contributed by atoms with van der Waals surface area (Å²) in [5.74, 6) is 1.00. The van der Waals surface area contributed by atoms with E-state index in [0.29, 0.717) is 0 Å². The van der Waals surface area contributed by atoms with E-state index in [1.807, 2.05) is 13.0 Å². The molecule has 140 valence electrons. The number of benzene rings is 1. The van der Waals surface area contributed by atoms with Crippen LogP contribution < -0.4 is 10.1 Å². The van der Waals surface area contributed by atoms with Crippen molar-refractivity contribution in [1.82, 2.24) is 15.2 Å². The number of nitrogens with zero attached hydrogens (tertiary/aromatic N) is 1. The number of H-pyrrole nitrogens is 1. The zero-order valence-corrected chi connectivity index (χ0v) is 16.0. The summed E-state index contributed by atoms with van der Waals surface area (Å²) in [6, 6.07) is 6.01. The van der Waals surface area contributed by atoms with E-state index in [1.165, 1.54) is 16.5 Å². The first-order chi connectivity index (χ1) is 12.6. The first-order valence-corrected chi connectivity index (χ1v) is 9.50. The van der Waals surface area contributed by atoms with Crippen molar-refractivity contribution >= 4 is 22.4 Å². The Hall–Kier alpha value is -2.27. The number of aromatic nitrogens is 1. The highest BCUT2D eigenvalue weighted by molar-refractivity contribution is 5.93. The van der Waals surface area contributed by atoms with Crippen LogP contribution in [0.25, 0.3) is 16.5 Å². The summed E-state index contributed by atoms with van der Waals surface area (Å²) in [4.78, 5) is 17.9. The minimum atomic E-state index is -0.0901. The molecule has 5 heteroatoms. The lowest BCUT2D eigenvalue weighted by molar-refractivity contribution is -0.125. The van der Waals surface area contributed by atoms with Crippen LogP contribution in [0.5, 0.6) is 5.75 Å². The summed E-state index contributed by atoms with van der Waals surface area (Å²) in [6.45, 7) is 6.59. The van der Waals surface area contributed by atoms with E-state index in [1.54, 1.807) is 7.11 Å².